The van der Waals surface area contributed by atoms with Crippen molar-refractivity contribution < 1.29 is 50.0 Å². The molecule has 0 spiro atoms. The van der Waals surface area contributed by atoms with Crippen molar-refractivity contribution in [1.29, 1.82) is 0 Å². The third-order valence-electron chi connectivity index (χ3n) is 10.1. The highest BCUT2D eigenvalue weighted by Crippen LogP contribution is 2.23. The Labute approximate surface area is 332 Å². The van der Waals surface area contributed by atoms with Gasteiger partial charge in [0, 0.05) is 0 Å². The van der Waals surface area contributed by atoms with Crippen molar-refractivity contribution in [1.82, 2.24) is 5.32 Å². The van der Waals surface area contributed by atoms with Crippen LogP contribution >= 0.6 is 0 Å². The Hall–Kier alpha value is -1.93. The molecule has 1 rings (SSSR count). The number of carbonyl (C=O) groups is 1. The summed E-state index contributed by atoms with van der Waals surface area (Å²) in [7, 11) is 0. The Bertz CT molecular complexity index is 1030. The van der Waals surface area contributed by atoms with Gasteiger partial charge < -0.3 is 50.5 Å². The van der Waals surface area contributed by atoms with E-state index in [0.29, 0.717) is 19.3 Å². The SMILES string of the molecule is CCC/C=C/CC/C=C/CCCC(O)C(O)C(COC1OC(CO)C(O)C(O)C1O)NC(=O)C(O)CCCCCCCCCCC/C=C\C=C/CCCCC. The maximum absolute atomic E-state index is 13.0. The smallest absolute Gasteiger partial charge is 0.249 e. The minimum atomic E-state index is -1.67. The number of aliphatic hydroxyl groups is 7. The fourth-order valence-electron chi connectivity index (χ4n) is 6.45. The first-order chi connectivity index (χ1) is 26.7. The molecule has 0 aromatic heterocycles. The molecule has 11 nitrogen and oxygen atoms in total. The minimum Gasteiger partial charge on any atom is -0.394 e. The highest BCUT2D eigenvalue weighted by molar-refractivity contribution is 5.80. The molecule has 0 bridgehead atoms. The molecule has 1 saturated heterocycles. The second-order valence-corrected chi connectivity index (χ2v) is 15.1. The summed E-state index contributed by atoms with van der Waals surface area (Å²) in [6.07, 6.45) is 27.4. The number of hydrogen-bond acceptors (Lipinski definition) is 10. The van der Waals surface area contributed by atoms with E-state index in [1.165, 1.54) is 51.4 Å². The van der Waals surface area contributed by atoms with Crippen molar-refractivity contribution in [3.8, 4) is 0 Å². The van der Waals surface area contributed by atoms with Gasteiger partial charge in [-0.05, 0) is 70.6 Å². The maximum atomic E-state index is 13.0. The normalized spacial score (nSPS) is 23.0. The lowest BCUT2D eigenvalue weighted by atomic mass is 9.98. The van der Waals surface area contributed by atoms with Crippen molar-refractivity contribution >= 4 is 5.91 Å². The number of allylic oxidation sites excluding steroid dienone is 8. The number of aliphatic hydroxyl groups excluding tert-OH is 7. The number of amides is 1. The van der Waals surface area contributed by atoms with Gasteiger partial charge >= 0.3 is 0 Å². The lowest BCUT2D eigenvalue weighted by Gasteiger charge is -2.40. The van der Waals surface area contributed by atoms with Gasteiger partial charge in [0.1, 0.15) is 36.6 Å². The molecule has 11 heteroatoms. The lowest BCUT2D eigenvalue weighted by Crippen LogP contribution is -2.60. The van der Waals surface area contributed by atoms with E-state index in [2.05, 4.69) is 61.7 Å². The fourth-order valence-corrected chi connectivity index (χ4v) is 6.45. The number of carbonyl (C=O) groups excluding carboxylic acids is 1. The molecule has 8 N–H and O–H groups in total. The van der Waals surface area contributed by atoms with Gasteiger partial charge in [-0.25, -0.2) is 0 Å². The summed E-state index contributed by atoms with van der Waals surface area (Å²) in [6.45, 7) is 3.28. The van der Waals surface area contributed by atoms with E-state index in [-0.39, 0.29) is 12.8 Å². The van der Waals surface area contributed by atoms with E-state index in [1.807, 2.05) is 6.08 Å². The summed E-state index contributed by atoms with van der Waals surface area (Å²) in [5.74, 6) is -0.720. The summed E-state index contributed by atoms with van der Waals surface area (Å²) in [5, 5.41) is 75.3. The van der Waals surface area contributed by atoms with Crippen molar-refractivity contribution in [3.05, 3.63) is 48.6 Å². The molecule has 1 aliphatic heterocycles. The third kappa shape index (κ3) is 24.4. The summed E-state index contributed by atoms with van der Waals surface area (Å²) >= 11 is 0. The molecule has 0 aliphatic carbocycles. The minimum absolute atomic E-state index is 0.241. The summed E-state index contributed by atoms with van der Waals surface area (Å²) in [4.78, 5) is 13.0. The van der Waals surface area contributed by atoms with Crippen LogP contribution in [0, 0.1) is 0 Å². The molecule has 9 atom stereocenters. The highest BCUT2D eigenvalue weighted by atomic mass is 16.7. The second kappa shape index (κ2) is 34.1. The molecule has 1 fully saturated rings. The quantitative estimate of drug-likeness (QED) is 0.0212. The van der Waals surface area contributed by atoms with Gasteiger partial charge in [0.05, 0.1) is 25.4 Å². The van der Waals surface area contributed by atoms with Crippen molar-refractivity contribution in [2.24, 2.45) is 0 Å². The Morgan fingerprint density at radius 2 is 1.18 bits per heavy atom. The average Bonchev–Trinajstić information content (AvgIpc) is 3.18. The standard InChI is InChI=1S/C44H79NO10/c1-3-5-7-9-11-13-15-16-17-18-19-20-21-22-24-26-28-30-32-37(48)43(53)45-35(34-54-44-42(52)41(51)40(50)38(33-46)55-44)39(49)36(47)31-29-27-25-23-14-12-10-8-6-4-2/h8,10-11,13,15-16,23,25,35-42,44,46-52H,3-7,9,12,14,17-22,24,26-34H2,1-2H3,(H,45,53)/b10-8+,13-11-,16-15-,25-23+. The Kier molecular flexibility index (Phi) is 31.7. The number of hydrogen-bond donors (Lipinski definition) is 8. The van der Waals surface area contributed by atoms with E-state index in [4.69, 9.17) is 9.47 Å². The monoisotopic (exact) mass is 782 g/mol. The number of unbranched alkanes of at least 4 members (excludes halogenated alkanes) is 15. The average molecular weight is 782 g/mol. The van der Waals surface area contributed by atoms with Crippen molar-refractivity contribution in [2.45, 2.75) is 210 Å². The van der Waals surface area contributed by atoms with Crippen LogP contribution in [0.1, 0.15) is 155 Å². The number of nitrogens with one attached hydrogen (secondary N) is 1. The zero-order valence-electron chi connectivity index (χ0n) is 34.1. The first-order valence-electron chi connectivity index (χ1n) is 21.6. The van der Waals surface area contributed by atoms with E-state index in [1.54, 1.807) is 0 Å². The number of ether oxygens (including phenoxy) is 2. The molecule has 1 heterocycles. The summed E-state index contributed by atoms with van der Waals surface area (Å²) < 4.78 is 11.0. The number of rotatable bonds is 34. The van der Waals surface area contributed by atoms with Crippen LogP contribution in [0.3, 0.4) is 0 Å². The molecule has 320 valence electrons. The molecule has 55 heavy (non-hydrogen) atoms. The van der Waals surface area contributed by atoms with Gasteiger partial charge in [0.2, 0.25) is 5.91 Å². The van der Waals surface area contributed by atoms with Gasteiger partial charge in [-0.2, -0.15) is 0 Å². The molecule has 0 radical (unpaired) electrons. The molecule has 0 saturated carbocycles. The molecule has 0 aromatic rings. The molecule has 1 aliphatic rings. The van der Waals surface area contributed by atoms with Gasteiger partial charge in [-0.3, -0.25) is 4.79 Å². The Balaban J connectivity index is 2.48. The van der Waals surface area contributed by atoms with Crippen LogP contribution in [-0.4, -0.2) is 110 Å². The van der Waals surface area contributed by atoms with Crippen molar-refractivity contribution in [3.63, 3.8) is 0 Å². The maximum Gasteiger partial charge on any atom is 0.249 e. The van der Waals surface area contributed by atoms with Crippen LogP contribution in [0.5, 0.6) is 0 Å². The highest BCUT2D eigenvalue weighted by Gasteiger charge is 2.44. The molecule has 9 unspecified atom stereocenters. The van der Waals surface area contributed by atoms with E-state index >= 15 is 0 Å². The Morgan fingerprint density at radius 1 is 0.636 bits per heavy atom. The second-order valence-electron chi connectivity index (χ2n) is 15.1. The molecular weight excluding hydrogens is 702 g/mol. The summed E-state index contributed by atoms with van der Waals surface area (Å²) in [6, 6.07) is -1.19. The van der Waals surface area contributed by atoms with Gasteiger partial charge in [-0.1, -0.05) is 133 Å². The van der Waals surface area contributed by atoms with Crippen molar-refractivity contribution in [2.75, 3.05) is 13.2 Å². The third-order valence-corrected chi connectivity index (χ3v) is 10.1. The zero-order chi connectivity index (χ0) is 40.5. The van der Waals surface area contributed by atoms with Crippen LogP contribution in [0.15, 0.2) is 48.6 Å². The van der Waals surface area contributed by atoms with Gasteiger partial charge in [0.15, 0.2) is 6.29 Å². The zero-order valence-corrected chi connectivity index (χ0v) is 34.1. The topological polar surface area (TPSA) is 189 Å². The van der Waals surface area contributed by atoms with E-state index in [9.17, 15) is 40.5 Å². The van der Waals surface area contributed by atoms with Crippen LogP contribution < -0.4 is 5.32 Å². The fraction of sp³-hybridized carbons (Fsp3) is 0.795. The van der Waals surface area contributed by atoms with Crippen LogP contribution in [0.4, 0.5) is 0 Å². The van der Waals surface area contributed by atoms with Crippen LogP contribution in [0.2, 0.25) is 0 Å². The molecule has 1 amide bonds. The van der Waals surface area contributed by atoms with Gasteiger partial charge in [0.25, 0.3) is 0 Å². The molecular formula is C44H79NO10. The first-order valence-corrected chi connectivity index (χ1v) is 21.6. The van der Waals surface area contributed by atoms with E-state index < -0.39 is 74.2 Å². The first kappa shape index (κ1) is 51.1. The van der Waals surface area contributed by atoms with Crippen LogP contribution in [0.25, 0.3) is 0 Å². The lowest BCUT2D eigenvalue weighted by molar-refractivity contribution is -0.303. The predicted octanol–water partition coefficient (Wildman–Crippen LogP) is 6.22. The van der Waals surface area contributed by atoms with Gasteiger partial charge in [-0.15, -0.1) is 0 Å². The largest absolute Gasteiger partial charge is 0.394 e. The Morgan fingerprint density at radius 3 is 1.78 bits per heavy atom. The molecule has 0 aromatic carbocycles. The van der Waals surface area contributed by atoms with E-state index in [0.717, 1.165) is 57.8 Å². The summed E-state index contributed by atoms with van der Waals surface area (Å²) in [5.41, 5.74) is 0. The predicted molar refractivity (Wildman–Crippen MR) is 219 cm³/mol. The van der Waals surface area contributed by atoms with Crippen LogP contribution in [-0.2, 0) is 14.3 Å².